The second-order valence-electron chi connectivity index (χ2n) is 4.58. The molecule has 0 fully saturated rings. The van der Waals surface area contributed by atoms with Crippen LogP contribution in [0.15, 0.2) is 30.6 Å². The molecule has 110 valence electrons. The molecule has 0 aliphatic heterocycles. The fourth-order valence-corrected chi connectivity index (χ4v) is 2.40. The van der Waals surface area contributed by atoms with Gasteiger partial charge in [-0.3, -0.25) is 4.79 Å². The maximum atomic E-state index is 11.6. The number of benzene rings is 1. The molecule has 21 heavy (non-hydrogen) atoms. The van der Waals surface area contributed by atoms with Crippen molar-refractivity contribution in [3.63, 3.8) is 0 Å². The van der Waals surface area contributed by atoms with Crippen molar-refractivity contribution in [3.05, 3.63) is 52.4 Å². The van der Waals surface area contributed by atoms with Crippen LogP contribution in [0.5, 0.6) is 5.88 Å². The number of carboxylic acid groups (broad SMARTS) is 1. The summed E-state index contributed by atoms with van der Waals surface area (Å²) < 4.78 is 5.12. The lowest BCUT2D eigenvalue weighted by Gasteiger charge is -2.16. The molecule has 0 bridgehead atoms. The number of carbonyl (C=O) groups is 1. The van der Waals surface area contributed by atoms with Crippen molar-refractivity contribution in [1.82, 2.24) is 9.97 Å². The smallest absolute Gasteiger partial charge is 0.312 e. The summed E-state index contributed by atoms with van der Waals surface area (Å²) in [5.74, 6) is -1.38. The lowest BCUT2D eigenvalue weighted by Crippen LogP contribution is -2.18. The number of hydrogen-bond donors (Lipinski definition) is 1. The Kier molecular flexibility index (Phi) is 4.75. The number of nitrogens with zero attached hydrogens (tertiary/aromatic N) is 2. The van der Waals surface area contributed by atoms with E-state index in [1.54, 1.807) is 19.1 Å². The van der Waals surface area contributed by atoms with Crippen molar-refractivity contribution in [3.8, 4) is 5.88 Å². The van der Waals surface area contributed by atoms with Crippen LogP contribution in [0.2, 0.25) is 5.02 Å². The van der Waals surface area contributed by atoms with Gasteiger partial charge in [0.15, 0.2) is 0 Å². The first kappa shape index (κ1) is 15.3. The Labute approximate surface area is 127 Å². The summed E-state index contributed by atoms with van der Waals surface area (Å²) in [4.78, 5) is 19.7. The molecule has 0 saturated heterocycles. The molecular formula is C15H15ClN2O3. The molecule has 2 rings (SSSR count). The van der Waals surface area contributed by atoms with Crippen molar-refractivity contribution in [2.75, 3.05) is 7.11 Å². The van der Waals surface area contributed by atoms with E-state index in [2.05, 4.69) is 9.97 Å². The molecule has 6 heteroatoms. The van der Waals surface area contributed by atoms with Crippen LogP contribution in [-0.4, -0.2) is 28.2 Å². The highest BCUT2D eigenvalue weighted by atomic mass is 35.5. The molecule has 1 N–H and O–H groups in total. The first-order chi connectivity index (χ1) is 10.0. The molecule has 0 saturated carbocycles. The van der Waals surface area contributed by atoms with E-state index < -0.39 is 11.9 Å². The van der Waals surface area contributed by atoms with Gasteiger partial charge in [0.05, 0.1) is 12.8 Å². The Balaban J connectivity index is 2.41. The van der Waals surface area contributed by atoms with E-state index in [0.29, 0.717) is 22.2 Å². The Morgan fingerprint density at radius 1 is 1.38 bits per heavy atom. The highest BCUT2D eigenvalue weighted by Gasteiger charge is 2.26. The minimum absolute atomic E-state index is 0.260. The van der Waals surface area contributed by atoms with Crippen LogP contribution in [0, 0.1) is 6.92 Å². The van der Waals surface area contributed by atoms with Crippen LogP contribution in [0.1, 0.15) is 22.7 Å². The number of aliphatic carboxylic acids is 1. The van der Waals surface area contributed by atoms with Crippen LogP contribution in [0.3, 0.4) is 0 Å². The minimum Gasteiger partial charge on any atom is -0.481 e. The third-order valence-corrected chi connectivity index (χ3v) is 3.65. The molecule has 0 aliphatic carbocycles. The summed E-state index contributed by atoms with van der Waals surface area (Å²) in [6.07, 6.45) is 1.57. The number of hydrogen-bond acceptors (Lipinski definition) is 4. The van der Waals surface area contributed by atoms with Gasteiger partial charge < -0.3 is 9.84 Å². The summed E-state index contributed by atoms with van der Waals surface area (Å²) in [5.41, 5.74) is 1.83. The lowest BCUT2D eigenvalue weighted by atomic mass is 9.93. The van der Waals surface area contributed by atoms with E-state index in [9.17, 15) is 9.90 Å². The van der Waals surface area contributed by atoms with Crippen LogP contribution in [0.4, 0.5) is 0 Å². The predicted octanol–water partition coefficient (Wildman–Crippen LogP) is 2.86. The molecule has 1 aromatic carbocycles. The Bertz CT molecular complexity index is 661. The molecule has 2 aromatic rings. The molecule has 0 amide bonds. The SMILES string of the molecule is COc1ncnc(C(Cc2ccccc2Cl)C(=O)O)c1C. The first-order valence-corrected chi connectivity index (χ1v) is 6.74. The third-order valence-electron chi connectivity index (χ3n) is 3.28. The summed E-state index contributed by atoms with van der Waals surface area (Å²) >= 11 is 6.11. The highest BCUT2D eigenvalue weighted by molar-refractivity contribution is 6.31. The third kappa shape index (κ3) is 3.31. The van der Waals surface area contributed by atoms with E-state index in [1.807, 2.05) is 12.1 Å². The monoisotopic (exact) mass is 306 g/mol. The van der Waals surface area contributed by atoms with Crippen LogP contribution in [-0.2, 0) is 11.2 Å². The normalized spacial score (nSPS) is 12.0. The molecule has 1 heterocycles. The molecule has 1 aromatic heterocycles. The average Bonchev–Trinajstić information content (AvgIpc) is 2.47. The van der Waals surface area contributed by atoms with Crippen LogP contribution >= 0.6 is 11.6 Å². The standard InChI is InChI=1S/C15H15ClN2O3/c1-9-13(17-8-18-14(9)21-2)11(15(19)20)7-10-5-3-4-6-12(10)16/h3-6,8,11H,7H2,1-2H3,(H,19,20). The van der Waals surface area contributed by atoms with Crippen molar-refractivity contribution < 1.29 is 14.6 Å². The maximum Gasteiger partial charge on any atom is 0.312 e. The topological polar surface area (TPSA) is 72.3 Å². The Morgan fingerprint density at radius 3 is 2.71 bits per heavy atom. The largest absolute Gasteiger partial charge is 0.481 e. The first-order valence-electron chi connectivity index (χ1n) is 6.36. The van der Waals surface area contributed by atoms with Crippen molar-refractivity contribution in [2.24, 2.45) is 0 Å². The van der Waals surface area contributed by atoms with Gasteiger partial charge in [0, 0.05) is 10.6 Å². The fourth-order valence-electron chi connectivity index (χ4n) is 2.19. The molecule has 0 spiro atoms. The minimum atomic E-state index is -0.959. The molecule has 1 unspecified atom stereocenters. The number of ether oxygens (including phenoxy) is 1. The number of aromatic nitrogens is 2. The maximum absolute atomic E-state index is 11.6. The van der Waals surface area contributed by atoms with Crippen LogP contribution in [0.25, 0.3) is 0 Å². The Morgan fingerprint density at radius 2 is 2.10 bits per heavy atom. The second kappa shape index (κ2) is 6.54. The van der Waals surface area contributed by atoms with Gasteiger partial charge in [0.2, 0.25) is 5.88 Å². The van der Waals surface area contributed by atoms with Crippen molar-refractivity contribution in [1.29, 1.82) is 0 Å². The average molecular weight is 307 g/mol. The van der Waals surface area contributed by atoms with Crippen molar-refractivity contribution >= 4 is 17.6 Å². The van der Waals surface area contributed by atoms with Gasteiger partial charge in [0.1, 0.15) is 12.2 Å². The summed E-state index contributed by atoms with van der Waals surface area (Å²) in [6.45, 7) is 1.75. The fraction of sp³-hybridized carbons (Fsp3) is 0.267. The lowest BCUT2D eigenvalue weighted by molar-refractivity contribution is -0.138. The van der Waals surface area contributed by atoms with Gasteiger partial charge in [-0.25, -0.2) is 9.97 Å². The van der Waals surface area contributed by atoms with Crippen molar-refractivity contribution in [2.45, 2.75) is 19.3 Å². The number of carboxylic acids is 1. The van der Waals surface area contributed by atoms with Gasteiger partial charge in [-0.1, -0.05) is 29.8 Å². The predicted molar refractivity (Wildman–Crippen MR) is 78.9 cm³/mol. The molecular weight excluding hydrogens is 292 g/mol. The number of methoxy groups -OCH3 is 1. The number of halogens is 1. The zero-order chi connectivity index (χ0) is 15.4. The summed E-state index contributed by atoms with van der Waals surface area (Å²) in [7, 11) is 1.49. The van der Waals surface area contributed by atoms with E-state index >= 15 is 0 Å². The molecule has 1 atom stereocenters. The molecule has 0 radical (unpaired) electrons. The van der Waals surface area contributed by atoms with E-state index in [0.717, 1.165) is 5.56 Å². The Hall–Kier alpha value is -2.14. The number of rotatable bonds is 5. The van der Waals surface area contributed by atoms with Gasteiger partial charge in [-0.05, 0) is 25.0 Å². The van der Waals surface area contributed by atoms with E-state index in [-0.39, 0.29) is 6.42 Å². The molecule has 5 nitrogen and oxygen atoms in total. The van der Waals surface area contributed by atoms with Gasteiger partial charge in [-0.2, -0.15) is 0 Å². The second-order valence-corrected chi connectivity index (χ2v) is 4.99. The summed E-state index contributed by atoms with van der Waals surface area (Å²) in [6, 6.07) is 7.18. The van der Waals surface area contributed by atoms with E-state index in [1.165, 1.54) is 13.4 Å². The van der Waals surface area contributed by atoms with Gasteiger partial charge in [-0.15, -0.1) is 0 Å². The quantitative estimate of drug-likeness (QED) is 0.919. The zero-order valence-corrected chi connectivity index (χ0v) is 12.5. The van der Waals surface area contributed by atoms with Gasteiger partial charge in [0.25, 0.3) is 0 Å². The van der Waals surface area contributed by atoms with Crippen LogP contribution < -0.4 is 4.74 Å². The zero-order valence-electron chi connectivity index (χ0n) is 11.7. The highest BCUT2D eigenvalue weighted by Crippen LogP contribution is 2.28. The van der Waals surface area contributed by atoms with Gasteiger partial charge >= 0.3 is 5.97 Å². The van der Waals surface area contributed by atoms with E-state index in [4.69, 9.17) is 16.3 Å². The molecule has 0 aliphatic rings. The summed E-state index contributed by atoms with van der Waals surface area (Å²) in [5, 5.41) is 10.1.